The van der Waals surface area contributed by atoms with Crippen molar-refractivity contribution in [1.29, 1.82) is 0 Å². The van der Waals surface area contributed by atoms with Crippen molar-refractivity contribution in [1.82, 2.24) is 4.98 Å². The van der Waals surface area contributed by atoms with Crippen molar-refractivity contribution in [2.45, 2.75) is 27.2 Å². The summed E-state index contributed by atoms with van der Waals surface area (Å²) in [5.74, 6) is -0.461. The number of aromatic nitrogens is 1. The second-order valence-corrected chi connectivity index (χ2v) is 5.49. The number of rotatable bonds is 2. The van der Waals surface area contributed by atoms with Crippen LogP contribution in [0.5, 0.6) is 0 Å². The van der Waals surface area contributed by atoms with E-state index in [1.54, 1.807) is 6.07 Å². The van der Waals surface area contributed by atoms with Gasteiger partial charge in [-0.15, -0.1) is 0 Å². The van der Waals surface area contributed by atoms with Crippen LogP contribution in [0, 0.1) is 5.41 Å². The van der Waals surface area contributed by atoms with E-state index in [1.165, 1.54) is 0 Å². The predicted molar refractivity (Wildman–Crippen MR) is 63.6 cm³/mol. The second-order valence-electron chi connectivity index (χ2n) is 4.74. The Morgan fingerprint density at radius 1 is 1.47 bits per heavy atom. The Balaban J connectivity index is 2.97. The topological polar surface area (TPSA) is 56.0 Å². The summed E-state index contributed by atoms with van der Waals surface area (Å²) < 4.78 is 0.525. The summed E-state index contributed by atoms with van der Waals surface area (Å²) in [6.45, 7) is 6.43. The molecule has 0 aliphatic carbocycles. The van der Waals surface area contributed by atoms with Crippen molar-refractivity contribution in [3.63, 3.8) is 0 Å². The number of hydrogen-bond donors (Lipinski definition) is 1. The van der Waals surface area contributed by atoms with Crippen LogP contribution in [0.25, 0.3) is 0 Å². The van der Waals surface area contributed by atoms with Gasteiger partial charge in [0.05, 0.1) is 5.56 Å². The largest absolute Gasteiger partial charge is 0.366 e. The molecule has 0 aliphatic heterocycles. The van der Waals surface area contributed by atoms with Crippen LogP contribution in [0.15, 0.2) is 16.7 Å². The Morgan fingerprint density at radius 3 is 2.47 bits per heavy atom. The van der Waals surface area contributed by atoms with Gasteiger partial charge in [-0.3, -0.25) is 4.79 Å². The fourth-order valence-electron chi connectivity index (χ4n) is 1.30. The first-order chi connectivity index (χ1) is 6.79. The Labute approximate surface area is 98.2 Å². The fraction of sp³-hybridized carbons (Fsp3) is 0.455. The normalized spacial score (nSPS) is 11.5. The van der Waals surface area contributed by atoms with E-state index in [4.69, 9.17) is 5.73 Å². The van der Waals surface area contributed by atoms with Crippen molar-refractivity contribution in [3.05, 3.63) is 28.0 Å². The number of halogens is 1. The minimum atomic E-state index is -0.461. The summed E-state index contributed by atoms with van der Waals surface area (Å²) in [4.78, 5) is 15.3. The average molecular weight is 271 g/mol. The highest BCUT2D eigenvalue weighted by Gasteiger charge is 2.14. The summed E-state index contributed by atoms with van der Waals surface area (Å²) in [5, 5.41) is 0. The maximum absolute atomic E-state index is 11.0. The zero-order valence-electron chi connectivity index (χ0n) is 9.17. The molecule has 0 atom stereocenters. The lowest BCUT2D eigenvalue weighted by Gasteiger charge is -2.17. The van der Waals surface area contributed by atoms with Crippen LogP contribution in [0.3, 0.4) is 0 Å². The third-order valence-corrected chi connectivity index (χ3v) is 2.49. The molecule has 0 unspecified atom stereocenters. The van der Waals surface area contributed by atoms with Crippen LogP contribution in [0.2, 0.25) is 0 Å². The summed E-state index contributed by atoms with van der Waals surface area (Å²) >= 11 is 3.24. The van der Waals surface area contributed by atoms with Crippen LogP contribution in [-0.4, -0.2) is 10.9 Å². The number of pyridine rings is 1. The lowest BCUT2D eigenvalue weighted by atomic mass is 9.90. The first-order valence-electron chi connectivity index (χ1n) is 4.75. The SMILES string of the molecule is CC(C)(C)Cc1ccc(C(N)=O)c(Br)n1. The van der Waals surface area contributed by atoms with Crippen LogP contribution in [0.4, 0.5) is 0 Å². The molecule has 0 radical (unpaired) electrons. The van der Waals surface area contributed by atoms with Gasteiger partial charge in [0.2, 0.25) is 0 Å². The zero-order valence-corrected chi connectivity index (χ0v) is 10.8. The molecule has 1 rings (SSSR count). The van der Waals surface area contributed by atoms with Gasteiger partial charge < -0.3 is 5.73 Å². The van der Waals surface area contributed by atoms with Crippen LogP contribution in [-0.2, 0) is 6.42 Å². The molecule has 2 N–H and O–H groups in total. The minimum absolute atomic E-state index is 0.181. The molecule has 1 aromatic heterocycles. The van der Waals surface area contributed by atoms with Crippen molar-refractivity contribution in [2.75, 3.05) is 0 Å². The van der Waals surface area contributed by atoms with Gasteiger partial charge in [0.15, 0.2) is 0 Å². The van der Waals surface area contributed by atoms with Crippen molar-refractivity contribution in [2.24, 2.45) is 11.1 Å². The van der Waals surface area contributed by atoms with E-state index < -0.39 is 5.91 Å². The molecule has 0 saturated carbocycles. The Kier molecular flexibility index (Phi) is 3.50. The molecule has 1 heterocycles. The first kappa shape index (κ1) is 12.2. The highest BCUT2D eigenvalue weighted by molar-refractivity contribution is 9.10. The molecule has 1 amide bonds. The number of carbonyl (C=O) groups is 1. The molecule has 0 saturated heterocycles. The molecule has 0 fully saturated rings. The van der Waals surface area contributed by atoms with Crippen molar-refractivity contribution >= 4 is 21.8 Å². The number of hydrogen-bond acceptors (Lipinski definition) is 2. The van der Waals surface area contributed by atoms with Gasteiger partial charge in [-0.05, 0) is 39.9 Å². The van der Waals surface area contributed by atoms with Crippen molar-refractivity contribution < 1.29 is 4.79 Å². The smallest absolute Gasteiger partial charge is 0.251 e. The first-order valence-corrected chi connectivity index (χ1v) is 5.54. The Morgan fingerprint density at radius 2 is 2.07 bits per heavy atom. The molecule has 0 aromatic carbocycles. The highest BCUT2D eigenvalue weighted by Crippen LogP contribution is 2.21. The summed E-state index contributed by atoms with van der Waals surface area (Å²) in [6.07, 6.45) is 0.866. The number of primary amides is 1. The zero-order chi connectivity index (χ0) is 11.6. The molecule has 0 aliphatic rings. The summed E-state index contributed by atoms with van der Waals surface area (Å²) in [6, 6.07) is 3.55. The molecular weight excluding hydrogens is 256 g/mol. The highest BCUT2D eigenvalue weighted by atomic mass is 79.9. The standard InChI is InChI=1S/C11H15BrN2O/c1-11(2,3)6-7-4-5-8(10(13)15)9(12)14-7/h4-5H,6H2,1-3H3,(H2,13,15). The lowest BCUT2D eigenvalue weighted by molar-refractivity contribution is 0.0999. The van der Waals surface area contributed by atoms with E-state index in [0.29, 0.717) is 10.2 Å². The molecule has 4 heteroatoms. The van der Waals surface area contributed by atoms with Gasteiger partial charge in [-0.25, -0.2) is 4.98 Å². The van der Waals surface area contributed by atoms with Crippen LogP contribution < -0.4 is 5.73 Å². The summed E-state index contributed by atoms with van der Waals surface area (Å²) in [7, 11) is 0. The van der Waals surface area contributed by atoms with E-state index in [2.05, 4.69) is 41.7 Å². The number of amides is 1. The quantitative estimate of drug-likeness (QED) is 0.840. The molecule has 82 valence electrons. The predicted octanol–water partition coefficient (Wildman–Crippen LogP) is 2.53. The second kappa shape index (κ2) is 4.31. The molecule has 0 bridgehead atoms. The van der Waals surface area contributed by atoms with E-state index >= 15 is 0 Å². The fourth-order valence-corrected chi connectivity index (χ4v) is 1.85. The van der Waals surface area contributed by atoms with Crippen molar-refractivity contribution in [3.8, 4) is 0 Å². The van der Waals surface area contributed by atoms with Gasteiger partial charge in [-0.1, -0.05) is 20.8 Å². The van der Waals surface area contributed by atoms with Gasteiger partial charge in [0.1, 0.15) is 4.60 Å². The van der Waals surface area contributed by atoms with Gasteiger partial charge in [0, 0.05) is 5.69 Å². The Bertz CT molecular complexity index is 383. The van der Waals surface area contributed by atoms with Gasteiger partial charge >= 0.3 is 0 Å². The molecule has 0 spiro atoms. The Hall–Kier alpha value is -0.900. The third-order valence-electron chi connectivity index (χ3n) is 1.88. The van der Waals surface area contributed by atoms with Gasteiger partial charge in [-0.2, -0.15) is 0 Å². The van der Waals surface area contributed by atoms with Crippen LogP contribution in [0.1, 0.15) is 36.8 Å². The molecule has 1 aromatic rings. The van der Waals surface area contributed by atoms with E-state index in [0.717, 1.165) is 12.1 Å². The minimum Gasteiger partial charge on any atom is -0.366 e. The third kappa shape index (κ3) is 3.63. The van der Waals surface area contributed by atoms with E-state index in [9.17, 15) is 4.79 Å². The maximum atomic E-state index is 11.0. The van der Waals surface area contributed by atoms with Gasteiger partial charge in [0.25, 0.3) is 5.91 Å². The summed E-state index contributed by atoms with van der Waals surface area (Å²) in [5.41, 5.74) is 6.75. The van der Waals surface area contributed by atoms with Crippen LogP contribution >= 0.6 is 15.9 Å². The maximum Gasteiger partial charge on any atom is 0.251 e. The number of nitrogens with zero attached hydrogens (tertiary/aromatic N) is 1. The average Bonchev–Trinajstić information content (AvgIpc) is 1.99. The molecule has 15 heavy (non-hydrogen) atoms. The number of nitrogens with two attached hydrogens (primary N) is 1. The number of carbonyl (C=O) groups excluding carboxylic acids is 1. The monoisotopic (exact) mass is 270 g/mol. The molecular formula is C11H15BrN2O. The van der Waals surface area contributed by atoms with E-state index in [1.807, 2.05) is 6.07 Å². The molecule has 3 nitrogen and oxygen atoms in total. The van der Waals surface area contributed by atoms with E-state index in [-0.39, 0.29) is 5.41 Å². The lowest BCUT2D eigenvalue weighted by Crippen LogP contribution is -2.14.